The molecule has 8 nitrogen and oxygen atoms in total. The highest BCUT2D eigenvalue weighted by Gasteiger charge is 2.37. The van der Waals surface area contributed by atoms with Crippen LogP contribution < -0.4 is 14.2 Å². The third-order valence-electron chi connectivity index (χ3n) is 4.60. The Bertz CT molecular complexity index is 846. The Labute approximate surface area is 160 Å². The molecule has 0 bridgehead atoms. The average molecular weight is 390 g/mol. The number of likely N-dealkylation sites (tertiary alicyclic amines) is 1. The highest BCUT2D eigenvalue weighted by molar-refractivity contribution is 8.18. The van der Waals surface area contributed by atoms with Gasteiger partial charge >= 0.3 is 0 Å². The molecule has 1 aromatic rings. The first kappa shape index (κ1) is 17.7. The minimum atomic E-state index is -0.464. The van der Waals surface area contributed by atoms with Crippen molar-refractivity contribution in [1.29, 1.82) is 0 Å². The Kier molecular flexibility index (Phi) is 4.69. The quantitative estimate of drug-likeness (QED) is 0.728. The fourth-order valence-electron chi connectivity index (χ4n) is 3.22. The lowest BCUT2D eigenvalue weighted by atomic mass is 10.1. The summed E-state index contributed by atoms with van der Waals surface area (Å²) in [5.41, 5.74) is 0.646. The van der Waals surface area contributed by atoms with Crippen LogP contribution in [0, 0.1) is 0 Å². The highest BCUT2D eigenvalue weighted by atomic mass is 32.2. The van der Waals surface area contributed by atoms with E-state index in [0.717, 1.165) is 29.5 Å². The third-order valence-corrected chi connectivity index (χ3v) is 5.51. The number of hydrogen-bond acceptors (Lipinski definition) is 7. The van der Waals surface area contributed by atoms with Crippen LogP contribution in [0.25, 0.3) is 6.08 Å². The van der Waals surface area contributed by atoms with Crippen molar-refractivity contribution in [2.24, 2.45) is 0 Å². The minimum Gasteiger partial charge on any atom is -0.493 e. The molecular weight excluding hydrogens is 372 g/mol. The largest absolute Gasteiger partial charge is 0.493 e. The molecule has 2 fully saturated rings. The zero-order valence-corrected chi connectivity index (χ0v) is 15.5. The van der Waals surface area contributed by atoms with E-state index in [-0.39, 0.29) is 24.2 Å². The second-order valence-corrected chi connectivity index (χ2v) is 7.31. The van der Waals surface area contributed by atoms with Gasteiger partial charge in [0.1, 0.15) is 6.54 Å². The summed E-state index contributed by atoms with van der Waals surface area (Å²) in [4.78, 5) is 40.1. The van der Waals surface area contributed by atoms with E-state index in [0.29, 0.717) is 35.9 Å². The molecule has 3 amide bonds. The highest BCUT2D eigenvalue weighted by Crippen LogP contribution is 2.43. The molecule has 3 aliphatic heterocycles. The van der Waals surface area contributed by atoms with Crippen molar-refractivity contribution in [3.8, 4) is 17.2 Å². The van der Waals surface area contributed by atoms with Crippen LogP contribution in [0.5, 0.6) is 17.2 Å². The maximum absolute atomic E-state index is 12.6. The van der Waals surface area contributed by atoms with Gasteiger partial charge in [-0.2, -0.15) is 0 Å². The van der Waals surface area contributed by atoms with E-state index in [1.807, 2.05) is 0 Å². The zero-order chi connectivity index (χ0) is 19.0. The third kappa shape index (κ3) is 3.34. The zero-order valence-electron chi connectivity index (χ0n) is 14.7. The summed E-state index contributed by atoms with van der Waals surface area (Å²) in [5, 5.41) is -0.438. The topological polar surface area (TPSA) is 85.4 Å². The number of amides is 3. The number of nitrogens with zero attached hydrogens (tertiary/aromatic N) is 2. The molecule has 0 N–H and O–H groups in total. The van der Waals surface area contributed by atoms with Gasteiger partial charge in [-0.05, 0) is 48.4 Å². The Hall–Kier alpha value is -2.68. The maximum atomic E-state index is 12.6. The van der Waals surface area contributed by atoms with Crippen molar-refractivity contribution >= 4 is 34.9 Å². The molecule has 0 radical (unpaired) electrons. The van der Waals surface area contributed by atoms with Crippen molar-refractivity contribution in [1.82, 2.24) is 9.80 Å². The Morgan fingerprint density at radius 2 is 2.04 bits per heavy atom. The predicted octanol–water partition coefficient (Wildman–Crippen LogP) is 2.08. The molecule has 0 saturated carbocycles. The van der Waals surface area contributed by atoms with E-state index in [1.165, 1.54) is 7.11 Å². The number of benzene rings is 1. The molecule has 0 aliphatic carbocycles. The molecule has 0 aromatic heterocycles. The van der Waals surface area contributed by atoms with Crippen molar-refractivity contribution in [3.05, 3.63) is 22.6 Å². The van der Waals surface area contributed by atoms with Gasteiger partial charge in [0.05, 0.1) is 12.0 Å². The van der Waals surface area contributed by atoms with Crippen molar-refractivity contribution < 1.29 is 28.6 Å². The molecule has 4 rings (SSSR count). The summed E-state index contributed by atoms with van der Waals surface area (Å²) >= 11 is 0.823. The predicted molar refractivity (Wildman–Crippen MR) is 97.6 cm³/mol. The Balaban J connectivity index is 1.54. The number of fused-ring (bicyclic) bond motifs is 1. The Morgan fingerprint density at radius 1 is 1.26 bits per heavy atom. The molecule has 0 unspecified atom stereocenters. The van der Waals surface area contributed by atoms with Gasteiger partial charge in [0.2, 0.25) is 18.4 Å². The number of hydrogen-bond donors (Lipinski definition) is 0. The molecule has 3 heterocycles. The summed E-state index contributed by atoms with van der Waals surface area (Å²) in [6.07, 6.45) is 3.51. The second-order valence-electron chi connectivity index (χ2n) is 6.31. The molecule has 9 heteroatoms. The summed E-state index contributed by atoms with van der Waals surface area (Å²) in [7, 11) is 1.51. The van der Waals surface area contributed by atoms with E-state index >= 15 is 0 Å². The van der Waals surface area contributed by atoms with E-state index in [2.05, 4.69) is 0 Å². The number of carbonyl (C=O) groups excluding carboxylic acids is 3. The molecule has 27 heavy (non-hydrogen) atoms. The molecule has 0 atom stereocenters. The normalized spacial score (nSPS) is 20.1. The number of ether oxygens (including phenoxy) is 3. The summed E-state index contributed by atoms with van der Waals surface area (Å²) in [6, 6.07) is 3.42. The van der Waals surface area contributed by atoms with E-state index < -0.39 is 11.1 Å². The number of imide groups is 1. The van der Waals surface area contributed by atoms with Crippen molar-refractivity contribution in [2.75, 3.05) is 33.5 Å². The molecule has 3 aliphatic rings. The first-order chi connectivity index (χ1) is 13.1. The van der Waals surface area contributed by atoms with Gasteiger partial charge in [0.15, 0.2) is 11.5 Å². The number of carbonyl (C=O) groups is 3. The Morgan fingerprint density at radius 3 is 2.78 bits per heavy atom. The van der Waals surface area contributed by atoms with Crippen LogP contribution >= 0.6 is 11.8 Å². The SMILES string of the molecule is COc1cc(/C=C2/SC(=O)N(CC(=O)N3CCCC3)C2=O)cc2c1OCO2. The molecule has 2 saturated heterocycles. The summed E-state index contributed by atoms with van der Waals surface area (Å²) in [6.45, 7) is 1.25. The number of rotatable bonds is 4. The lowest BCUT2D eigenvalue weighted by Crippen LogP contribution is -2.40. The van der Waals surface area contributed by atoms with Crippen LogP contribution in [-0.2, 0) is 9.59 Å². The van der Waals surface area contributed by atoms with E-state index in [9.17, 15) is 14.4 Å². The van der Waals surface area contributed by atoms with Gasteiger partial charge in [0, 0.05) is 13.1 Å². The fraction of sp³-hybridized carbons (Fsp3) is 0.389. The maximum Gasteiger partial charge on any atom is 0.294 e. The second kappa shape index (κ2) is 7.15. The van der Waals surface area contributed by atoms with Crippen LogP contribution in [0.3, 0.4) is 0 Å². The van der Waals surface area contributed by atoms with Gasteiger partial charge in [-0.25, -0.2) is 0 Å². The van der Waals surface area contributed by atoms with Crippen molar-refractivity contribution in [3.63, 3.8) is 0 Å². The van der Waals surface area contributed by atoms with Crippen LogP contribution in [0.15, 0.2) is 17.0 Å². The summed E-state index contributed by atoms with van der Waals surface area (Å²) < 4.78 is 16.0. The number of methoxy groups -OCH3 is 1. The lowest BCUT2D eigenvalue weighted by Gasteiger charge is -2.18. The summed E-state index contributed by atoms with van der Waals surface area (Å²) in [5.74, 6) is 0.859. The first-order valence-corrected chi connectivity index (χ1v) is 9.39. The average Bonchev–Trinajstić information content (AvgIpc) is 3.39. The first-order valence-electron chi connectivity index (χ1n) is 8.57. The van der Waals surface area contributed by atoms with E-state index in [1.54, 1.807) is 23.1 Å². The fourth-order valence-corrected chi connectivity index (χ4v) is 4.06. The van der Waals surface area contributed by atoms with Gasteiger partial charge in [-0.15, -0.1) is 0 Å². The molecule has 142 valence electrons. The molecular formula is C18H18N2O6S. The van der Waals surface area contributed by atoms with E-state index in [4.69, 9.17) is 14.2 Å². The van der Waals surface area contributed by atoms with Gasteiger partial charge in [-0.1, -0.05) is 0 Å². The van der Waals surface area contributed by atoms with Crippen LogP contribution in [0.1, 0.15) is 18.4 Å². The smallest absolute Gasteiger partial charge is 0.294 e. The monoisotopic (exact) mass is 390 g/mol. The molecule has 0 spiro atoms. The van der Waals surface area contributed by atoms with Crippen molar-refractivity contribution in [2.45, 2.75) is 12.8 Å². The minimum absolute atomic E-state index is 0.101. The van der Waals surface area contributed by atoms with Gasteiger partial charge < -0.3 is 19.1 Å². The van der Waals surface area contributed by atoms with Crippen LogP contribution in [0.2, 0.25) is 0 Å². The van der Waals surface area contributed by atoms with Gasteiger partial charge in [0.25, 0.3) is 11.1 Å². The lowest BCUT2D eigenvalue weighted by molar-refractivity contribution is -0.135. The molecule has 1 aromatic carbocycles. The van der Waals surface area contributed by atoms with Crippen LogP contribution in [-0.4, -0.2) is 60.4 Å². The van der Waals surface area contributed by atoms with Crippen LogP contribution in [0.4, 0.5) is 4.79 Å². The van der Waals surface area contributed by atoms with Gasteiger partial charge in [-0.3, -0.25) is 19.3 Å². The number of thioether (sulfide) groups is 1. The standard InChI is InChI=1S/C18H18N2O6S/c1-24-12-6-11(7-13-16(12)26-10-25-13)8-14-17(22)20(18(23)27-14)9-15(21)19-4-2-3-5-19/h6-8H,2-5,9-10H2,1H3/b14-8+.